The average Bonchev–Trinajstić information content (AvgIpc) is 2.81. The molecule has 1 atom stereocenters. The Kier molecular flexibility index (Phi) is 5.18. The van der Waals surface area contributed by atoms with Gasteiger partial charge in [0.25, 0.3) is 5.91 Å². The van der Waals surface area contributed by atoms with Gasteiger partial charge in [0.05, 0.1) is 6.10 Å². The molecule has 2 rings (SSSR count). The van der Waals surface area contributed by atoms with E-state index in [1.165, 1.54) is 0 Å². The van der Waals surface area contributed by atoms with Crippen LogP contribution in [0.25, 0.3) is 0 Å². The average molecular weight is 316 g/mol. The van der Waals surface area contributed by atoms with E-state index < -0.39 is 18.0 Å². The normalized spacial score (nSPS) is 11.8. The van der Waals surface area contributed by atoms with Gasteiger partial charge in [0.2, 0.25) is 0 Å². The minimum atomic E-state index is -0.686. The number of para-hydroxylation sites is 1. The van der Waals surface area contributed by atoms with Crippen LogP contribution in [0.3, 0.4) is 0 Å². The van der Waals surface area contributed by atoms with Crippen LogP contribution in [0.2, 0.25) is 0 Å². The Morgan fingerprint density at radius 3 is 2.48 bits per heavy atom. The van der Waals surface area contributed by atoms with Crippen LogP contribution in [0.5, 0.6) is 0 Å². The quantitative estimate of drug-likeness (QED) is 0.739. The van der Waals surface area contributed by atoms with Crippen molar-refractivity contribution in [3.05, 3.63) is 52.8 Å². The SMILES string of the molecule is Cc1[nH]c(C(=O)OCC(=O)Nc2ccccc2)c(C)c1[C@H](C)O. The first kappa shape index (κ1) is 16.8. The predicted molar refractivity (Wildman–Crippen MR) is 86.3 cm³/mol. The lowest BCUT2D eigenvalue weighted by Gasteiger charge is -2.07. The third-order valence-electron chi connectivity index (χ3n) is 3.51. The summed E-state index contributed by atoms with van der Waals surface area (Å²) in [5.41, 5.74) is 2.90. The van der Waals surface area contributed by atoms with Gasteiger partial charge in [-0.3, -0.25) is 4.79 Å². The molecule has 122 valence electrons. The number of ether oxygens (including phenoxy) is 1. The van der Waals surface area contributed by atoms with E-state index in [-0.39, 0.29) is 12.3 Å². The minimum absolute atomic E-state index is 0.255. The summed E-state index contributed by atoms with van der Waals surface area (Å²) in [5.74, 6) is -1.04. The fourth-order valence-electron chi connectivity index (χ4n) is 2.52. The molecule has 0 unspecified atom stereocenters. The zero-order valence-corrected chi connectivity index (χ0v) is 13.3. The maximum absolute atomic E-state index is 12.1. The number of hydrogen-bond donors (Lipinski definition) is 3. The van der Waals surface area contributed by atoms with E-state index in [1.54, 1.807) is 45.0 Å². The maximum Gasteiger partial charge on any atom is 0.355 e. The topological polar surface area (TPSA) is 91.4 Å². The van der Waals surface area contributed by atoms with E-state index in [9.17, 15) is 14.7 Å². The van der Waals surface area contributed by atoms with Crippen LogP contribution >= 0.6 is 0 Å². The Morgan fingerprint density at radius 1 is 1.26 bits per heavy atom. The first-order chi connectivity index (χ1) is 10.9. The van der Waals surface area contributed by atoms with Gasteiger partial charge in [-0.15, -0.1) is 0 Å². The summed E-state index contributed by atoms with van der Waals surface area (Å²) in [4.78, 5) is 26.8. The lowest BCUT2D eigenvalue weighted by Crippen LogP contribution is -2.21. The second-order valence-corrected chi connectivity index (χ2v) is 5.33. The van der Waals surface area contributed by atoms with Crippen molar-refractivity contribution in [2.45, 2.75) is 26.9 Å². The van der Waals surface area contributed by atoms with Gasteiger partial charge in [-0.05, 0) is 38.5 Å². The molecule has 1 aromatic carbocycles. The summed E-state index contributed by atoms with van der Waals surface area (Å²) < 4.78 is 5.03. The van der Waals surface area contributed by atoms with E-state index in [0.29, 0.717) is 22.5 Å². The number of aromatic amines is 1. The van der Waals surface area contributed by atoms with Crippen molar-refractivity contribution in [2.24, 2.45) is 0 Å². The number of aromatic nitrogens is 1. The first-order valence-electron chi connectivity index (χ1n) is 7.29. The highest BCUT2D eigenvalue weighted by molar-refractivity contribution is 5.95. The molecule has 23 heavy (non-hydrogen) atoms. The molecule has 0 fully saturated rings. The van der Waals surface area contributed by atoms with Crippen LogP contribution in [0.4, 0.5) is 5.69 Å². The number of carbonyl (C=O) groups is 2. The molecule has 0 radical (unpaired) electrons. The molecule has 1 amide bonds. The molecule has 0 saturated carbocycles. The van der Waals surface area contributed by atoms with Gasteiger partial charge in [-0.1, -0.05) is 18.2 Å². The standard InChI is InChI=1S/C17H20N2O4/c1-10-15(12(3)20)11(2)18-16(10)17(22)23-9-14(21)19-13-7-5-4-6-8-13/h4-8,12,18,20H,9H2,1-3H3,(H,19,21)/t12-/m0/s1. The van der Waals surface area contributed by atoms with Gasteiger partial charge < -0.3 is 20.1 Å². The Balaban J connectivity index is 1.97. The monoisotopic (exact) mass is 316 g/mol. The van der Waals surface area contributed by atoms with Crippen molar-refractivity contribution in [3.63, 3.8) is 0 Å². The largest absolute Gasteiger partial charge is 0.451 e. The highest BCUT2D eigenvalue weighted by Crippen LogP contribution is 2.24. The molecule has 0 aliphatic heterocycles. The minimum Gasteiger partial charge on any atom is -0.451 e. The summed E-state index contributed by atoms with van der Waals surface area (Å²) in [5, 5.41) is 12.4. The smallest absolute Gasteiger partial charge is 0.355 e. The number of anilines is 1. The number of aryl methyl sites for hydroxylation is 1. The predicted octanol–water partition coefficient (Wildman–Crippen LogP) is 2.48. The molecule has 3 N–H and O–H groups in total. The van der Waals surface area contributed by atoms with Crippen molar-refractivity contribution in [3.8, 4) is 0 Å². The zero-order chi connectivity index (χ0) is 17.0. The molecule has 0 aliphatic rings. The number of carbonyl (C=O) groups excluding carboxylic acids is 2. The number of esters is 1. The van der Waals surface area contributed by atoms with Crippen molar-refractivity contribution in [2.75, 3.05) is 11.9 Å². The fraction of sp³-hybridized carbons (Fsp3) is 0.294. The molecule has 1 heterocycles. The van der Waals surface area contributed by atoms with E-state index in [0.717, 1.165) is 0 Å². The van der Waals surface area contributed by atoms with Gasteiger partial charge >= 0.3 is 5.97 Å². The zero-order valence-electron chi connectivity index (χ0n) is 13.3. The van der Waals surface area contributed by atoms with Crippen molar-refractivity contribution < 1.29 is 19.4 Å². The molecular weight excluding hydrogens is 296 g/mol. The third-order valence-corrected chi connectivity index (χ3v) is 3.51. The number of rotatable bonds is 5. The van der Waals surface area contributed by atoms with Crippen LogP contribution in [0.1, 0.15) is 40.3 Å². The van der Waals surface area contributed by atoms with E-state index in [2.05, 4.69) is 10.3 Å². The van der Waals surface area contributed by atoms with Crippen molar-refractivity contribution >= 4 is 17.6 Å². The molecule has 0 spiro atoms. The Morgan fingerprint density at radius 2 is 1.91 bits per heavy atom. The van der Waals surface area contributed by atoms with Crippen LogP contribution in [0, 0.1) is 13.8 Å². The Bertz CT molecular complexity index is 705. The Labute approximate surface area is 134 Å². The molecule has 2 aromatic rings. The van der Waals surface area contributed by atoms with Crippen LogP contribution < -0.4 is 5.32 Å². The molecule has 0 aliphatic carbocycles. The second kappa shape index (κ2) is 7.11. The number of aliphatic hydroxyl groups is 1. The molecule has 6 heteroatoms. The summed E-state index contributed by atoms with van der Waals surface area (Å²) in [6, 6.07) is 8.92. The lowest BCUT2D eigenvalue weighted by atomic mass is 10.1. The maximum atomic E-state index is 12.1. The van der Waals surface area contributed by atoms with Gasteiger partial charge in [0, 0.05) is 16.9 Å². The van der Waals surface area contributed by atoms with Crippen molar-refractivity contribution in [1.29, 1.82) is 0 Å². The Hall–Kier alpha value is -2.60. The number of aliphatic hydroxyl groups excluding tert-OH is 1. The highest BCUT2D eigenvalue weighted by Gasteiger charge is 2.21. The van der Waals surface area contributed by atoms with E-state index >= 15 is 0 Å². The van der Waals surface area contributed by atoms with Crippen LogP contribution in [-0.4, -0.2) is 28.6 Å². The lowest BCUT2D eigenvalue weighted by molar-refractivity contribution is -0.119. The summed E-state index contributed by atoms with van der Waals surface area (Å²) in [6.45, 7) is 4.75. The summed E-state index contributed by atoms with van der Waals surface area (Å²) in [6.07, 6.45) is -0.686. The molecule has 1 aromatic heterocycles. The first-order valence-corrected chi connectivity index (χ1v) is 7.29. The summed E-state index contributed by atoms with van der Waals surface area (Å²) in [7, 11) is 0. The summed E-state index contributed by atoms with van der Waals surface area (Å²) >= 11 is 0. The van der Waals surface area contributed by atoms with Gasteiger partial charge in [0.1, 0.15) is 5.69 Å². The molecule has 6 nitrogen and oxygen atoms in total. The highest BCUT2D eigenvalue weighted by atomic mass is 16.5. The van der Waals surface area contributed by atoms with E-state index in [4.69, 9.17) is 4.74 Å². The van der Waals surface area contributed by atoms with Crippen LogP contribution in [0.15, 0.2) is 30.3 Å². The number of benzene rings is 1. The number of amides is 1. The molecular formula is C17H20N2O4. The fourth-order valence-corrected chi connectivity index (χ4v) is 2.52. The van der Waals surface area contributed by atoms with E-state index in [1.807, 2.05) is 6.07 Å². The number of H-pyrrole nitrogens is 1. The number of nitrogens with one attached hydrogen (secondary N) is 2. The number of hydrogen-bond acceptors (Lipinski definition) is 4. The second-order valence-electron chi connectivity index (χ2n) is 5.33. The molecule has 0 saturated heterocycles. The van der Waals surface area contributed by atoms with Gasteiger partial charge in [-0.2, -0.15) is 0 Å². The van der Waals surface area contributed by atoms with Gasteiger partial charge in [-0.25, -0.2) is 4.79 Å². The molecule has 0 bridgehead atoms. The van der Waals surface area contributed by atoms with Gasteiger partial charge in [0.15, 0.2) is 6.61 Å². The van der Waals surface area contributed by atoms with Crippen LogP contribution in [-0.2, 0) is 9.53 Å². The third kappa shape index (κ3) is 3.98. The van der Waals surface area contributed by atoms with Crippen molar-refractivity contribution in [1.82, 2.24) is 4.98 Å².